The maximum atomic E-state index is 12.6. The Kier molecular flexibility index (Phi) is 18.6. The molecule has 0 fully saturated rings. The summed E-state index contributed by atoms with van der Waals surface area (Å²) >= 11 is 0. The molecule has 60 heavy (non-hydrogen) atoms. The van der Waals surface area contributed by atoms with Gasteiger partial charge in [0.1, 0.15) is 29.0 Å². The molecule has 2 aliphatic carbocycles. The van der Waals surface area contributed by atoms with Crippen LogP contribution in [0.25, 0.3) is 0 Å². The van der Waals surface area contributed by atoms with Gasteiger partial charge in [0.25, 0.3) is 0 Å². The Morgan fingerprint density at radius 1 is 0.567 bits per heavy atom. The van der Waals surface area contributed by atoms with Crippen molar-refractivity contribution in [3.63, 3.8) is 0 Å². The van der Waals surface area contributed by atoms with Gasteiger partial charge in [-0.15, -0.1) is 0 Å². The number of fused-ring (bicyclic) bond motifs is 2. The summed E-state index contributed by atoms with van der Waals surface area (Å²) in [6.07, 6.45) is 25.5. The van der Waals surface area contributed by atoms with Gasteiger partial charge in [-0.3, -0.25) is 19.6 Å². The van der Waals surface area contributed by atoms with E-state index in [1.54, 1.807) is 38.6 Å². The number of rotatable bonds is 21. The smallest absolute Gasteiger partial charge is 0.316 e. The van der Waals surface area contributed by atoms with E-state index < -0.39 is 0 Å². The summed E-state index contributed by atoms with van der Waals surface area (Å²) in [5.74, 6) is 0.916. The van der Waals surface area contributed by atoms with Crippen molar-refractivity contribution in [2.45, 2.75) is 167 Å². The van der Waals surface area contributed by atoms with E-state index in [1.165, 1.54) is 61.7 Å². The van der Waals surface area contributed by atoms with Crippen LogP contribution in [0.3, 0.4) is 0 Å². The van der Waals surface area contributed by atoms with E-state index in [-0.39, 0.29) is 41.0 Å². The number of unbranched alkanes of at least 4 members (excludes halogenated alkanes) is 2. The van der Waals surface area contributed by atoms with Gasteiger partial charge >= 0.3 is 6.01 Å². The van der Waals surface area contributed by atoms with E-state index in [4.69, 9.17) is 14.7 Å². The predicted molar refractivity (Wildman–Crippen MR) is 232 cm³/mol. The van der Waals surface area contributed by atoms with Crippen molar-refractivity contribution in [2.24, 2.45) is 0 Å². The Morgan fingerprint density at radius 3 is 1.47 bits per heavy atom. The van der Waals surface area contributed by atoms with Crippen LogP contribution in [0.5, 0.6) is 6.01 Å². The Bertz CT molecular complexity index is 2020. The van der Waals surface area contributed by atoms with Crippen LogP contribution in [-0.4, -0.2) is 60.1 Å². The second-order valence-corrected chi connectivity index (χ2v) is 16.8. The maximum Gasteiger partial charge on any atom is 0.316 e. The number of hydrogen-bond donors (Lipinski definition) is 0. The molecule has 2 atom stereocenters. The number of ether oxygens (including phenoxy) is 1. The summed E-state index contributed by atoms with van der Waals surface area (Å²) in [6.45, 7) is 4.94. The lowest BCUT2D eigenvalue weighted by molar-refractivity contribution is -0.121. The van der Waals surface area contributed by atoms with Gasteiger partial charge in [0.05, 0.1) is 7.11 Å². The summed E-state index contributed by atoms with van der Waals surface area (Å²) in [6, 6.07) is 9.06. The van der Waals surface area contributed by atoms with Gasteiger partial charge in [0, 0.05) is 97.9 Å². The fourth-order valence-electron chi connectivity index (χ4n) is 8.29. The van der Waals surface area contributed by atoms with E-state index in [1.807, 2.05) is 6.92 Å². The Balaban J connectivity index is 0.000000228. The molecule has 0 saturated heterocycles. The molecule has 4 aromatic rings. The zero-order valence-corrected chi connectivity index (χ0v) is 36.3. The highest BCUT2D eigenvalue weighted by molar-refractivity contribution is 5.82. The van der Waals surface area contributed by atoms with Crippen molar-refractivity contribution in [2.75, 3.05) is 7.11 Å². The molecule has 320 valence electrons. The first-order valence-electron chi connectivity index (χ1n) is 22.2. The van der Waals surface area contributed by atoms with Crippen molar-refractivity contribution in [3.05, 3.63) is 99.9 Å². The van der Waals surface area contributed by atoms with Crippen LogP contribution in [0.4, 0.5) is 0 Å². The van der Waals surface area contributed by atoms with Gasteiger partial charge in [-0.05, 0) is 145 Å². The highest BCUT2D eigenvalue weighted by atomic mass is 16.5. The zero-order chi connectivity index (χ0) is 42.7. The highest BCUT2D eigenvalue weighted by Gasteiger charge is 2.21. The topological polar surface area (TPSA) is 155 Å². The quantitative estimate of drug-likeness (QED) is 0.0584. The third-order valence-electron chi connectivity index (χ3n) is 11.6. The van der Waals surface area contributed by atoms with E-state index in [2.05, 4.69) is 44.2 Å². The predicted octanol–water partition coefficient (Wildman–Crippen LogP) is 9.08. The van der Waals surface area contributed by atoms with Crippen LogP contribution in [0.2, 0.25) is 0 Å². The summed E-state index contributed by atoms with van der Waals surface area (Å²) in [7, 11) is 1.51. The standard InChI is InChI=1S/C25H33N3O3.C24H31N3O2/c1-18(29)14-20(21-16-26-25(31-2)27-17-21)15-23(30)10-7-6-9-22-13-12-19-8-4-3-5-11-24(19)28-22;1-17(28)13-20(21-15-25-18(2)26-16-21)14-23(29)9-5-4-8-22-12-11-19-7-3-6-10-24(19)27-22/h12-13,16-17,20H,3-11,14-15H2,1-2H3;11-12,15-16,20H,3-10,13-14H2,1-2H3/t2*20-/m11/s1. The lowest BCUT2D eigenvalue weighted by atomic mass is 9.90. The second-order valence-electron chi connectivity index (χ2n) is 16.8. The van der Waals surface area contributed by atoms with Gasteiger partial charge in [-0.2, -0.15) is 0 Å². The molecule has 2 aliphatic rings. The summed E-state index contributed by atoms with van der Waals surface area (Å²) in [5, 5.41) is 0. The summed E-state index contributed by atoms with van der Waals surface area (Å²) < 4.78 is 4.99. The molecule has 0 aromatic carbocycles. The molecular weight excluding hydrogens is 753 g/mol. The number of pyridine rings is 2. The van der Waals surface area contributed by atoms with Gasteiger partial charge in [0.15, 0.2) is 0 Å². The first-order valence-corrected chi connectivity index (χ1v) is 22.2. The molecule has 0 spiro atoms. The summed E-state index contributed by atoms with van der Waals surface area (Å²) in [4.78, 5) is 74.8. The third-order valence-corrected chi connectivity index (χ3v) is 11.6. The first-order chi connectivity index (χ1) is 29.1. The SMILES string of the molecule is CC(=O)C[C@H](CC(=O)CCCCc1ccc2c(n1)CCCC2)c1cnc(C)nc1.COc1ncc([C@H](CC(C)=O)CC(=O)CCCCc2ccc3c(n2)CCCCC3)cn1. The minimum atomic E-state index is -0.179. The molecule has 0 saturated carbocycles. The average Bonchev–Trinajstić information content (AvgIpc) is 3.49. The summed E-state index contributed by atoms with van der Waals surface area (Å²) in [5.41, 5.74) is 9.33. The molecule has 0 aliphatic heterocycles. The van der Waals surface area contributed by atoms with E-state index in [0.29, 0.717) is 44.3 Å². The van der Waals surface area contributed by atoms with Gasteiger partial charge in [-0.25, -0.2) is 19.9 Å². The molecule has 6 rings (SSSR count). The van der Waals surface area contributed by atoms with Crippen molar-refractivity contribution in [1.82, 2.24) is 29.9 Å². The van der Waals surface area contributed by atoms with E-state index in [9.17, 15) is 19.2 Å². The number of carbonyl (C=O) groups is 4. The van der Waals surface area contributed by atoms with Crippen molar-refractivity contribution < 1.29 is 23.9 Å². The first kappa shape index (κ1) is 46.0. The Hall–Kier alpha value is -5.06. The fraction of sp³-hybridized carbons (Fsp3) is 0.551. The molecule has 0 amide bonds. The monoisotopic (exact) mass is 816 g/mol. The van der Waals surface area contributed by atoms with Crippen LogP contribution in [0, 0.1) is 6.92 Å². The van der Waals surface area contributed by atoms with E-state index in [0.717, 1.165) is 86.7 Å². The minimum absolute atomic E-state index is 0.0582. The number of methoxy groups -OCH3 is 1. The van der Waals surface area contributed by atoms with Gasteiger partial charge in [0.2, 0.25) is 0 Å². The number of carbonyl (C=O) groups excluding carboxylic acids is 4. The number of ketones is 4. The van der Waals surface area contributed by atoms with Crippen LogP contribution in [-0.2, 0) is 57.7 Å². The maximum absolute atomic E-state index is 12.6. The van der Waals surface area contributed by atoms with Gasteiger partial charge in [-0.1, -0.05) is 18.6 Å². The molecule has 4 heterocycles. The Labute approximate surface area is 356 Å². The number of hydrogen-bond acceptors (Lipinski definition) is 11. The zero-order valence-electron chi connectivity index (χ0n) is 36.3. The van der Waals surface area contributed by atoms with Crippen LogP contribution in [0.1, 0.15) is 173 Å². The number of aryl methyl sites for hydroxylation is 7. The largest absolute Gasteiger partial charge is 0.467 e. The molecule has 4 aromatic heterocycles. The molecular formula is C49H64N6O5. The fourth-order valence-corrected chi connectivity index (χ4v) is 8.29. The van der Waals surface area contributed by atoms with Crippen molar-refractivity contribution in [3.8, 4) is 6.01 Å². The van der Waals surface area contributed by atoms with Crippen LogP contribution in [0.15, 0.2) is 49.1 Å². The highest BCUT2D eigenvalue weighted by Crippen LogP contribution is 2.27. The molecule has 0 N–H and O–H groups in total. The second kappa shape index (κ2) is 24.3. The number of nitrogens with zero attached hydrogens (tertiary/aromatic N) is 6. The van der Waals surface area contributed by atoms with Crippen molar-refractivity contribution >= 4 is 23.1 Å². The van der Waals surface area contributed by atoms with Gasteiger partial charge < -0.3 is 14.3 Å². The molecule has 0 radical (unpaired) electrons. The van der Waals surface area contributed by atoms with Crippen LogP contribution >= 0.6 is 0 Å². The van der Waals surface area contributed by atoms with E-state index >= 15 is 0 Å². The number of Topliss-reactive ketones (excluding diaryl/α,β-unsaturated/α-hetero) is 4. The Morgan fingerprint density at radius 2 is 1.00 bits per heavy atom. The molecule has 11 nitrogen and oxygen atoms in total. The normalized spacial score (nSPS) is 14.3. The third kappa shape index (κ3) is 15.5. The molecule has 0 bridgehead atoms. The average molecular weight is 817 g/mol. The lowest BCUT2D eigenvalue weighted by Crippen LogP contribution is -2.11. The number of aromatic nitrogens is 6. The van der Waals surface area contributed by atoms with Crippen molar-refractivity contribution in [1.29, 1.82) is 0 Å². The minimum Gasteiger partial charge on any atom is -0.467 e. The molecule has 11 heteroatoms. The lowest BCUT2D eigenvalue weighted by Gasteiger charge is -2.15. The molecule has 0 unspecified atom stereocenters. The van der Waals surface area contributed by atoms with Crippen LogP contribution < -0.4 is 4.74 Å².